The highest BCUT2D eigenvalue weighted by Crippen LogP contribution is 2.35. The first-order valence-electron chi connectivity index (χ1n) is 7.85. The highest BCUT2D eigenvalue weighted by atomic mass is 16.5. The van der Waals surface area contributed by atoms with Gasteiger partial charge in [0.25, 0.3) is 0 Å². The maximum Gasteiger partial charge on any atom is 0.231 e. The van der Waals surface area contributed by atoms with Crippen LogP contribution in [0.25, 0.3) is 0 Å². The molecule has 5 nitrogen and oxygen atoms in total. The molecule has 0 aromatic heterocycles. The van der Waals surface area contributed by atoms with Gasteiger partial charge in [0.1, 0.15) is 0 Å². The molecule has 20 heavy (non-hydrogen) atoms. The lowest BCUT2D eigenvalue weighted by Gasteiger charge is -2.45. The third kappa shape index (κ3) is 3.32. The number of rotatable bonds is 7. The number of carbonyl (C=O) groups is 1. The van der Waals surface area contributed by atoms with E-state index in [2.05, 4.69) is 5.32 Å². The van der Waals surface area contributed by atoms with E-state index in [4.69, 9.17) is 9.84 Å². The van der Waals surface area contributed by atoms with Gasteiger partial charge in [0.15, 0.2) is 0 Å². The monoisotopic (exact) mass is 284 g/mol. The van der Waals surface area contributed by atoms with E-state index >= 15 is 0 Å². The van der Waals surface area contributed by atoms with Crippen molar-refractivity contribution in [2.75, 3.05) is 40.0 Å². The zero-order valence-electron chi connectivity index (χ0n) is 12.6. The van der Waals surface area contributed by atoms with E-state index in [0.29, 0.717) is 25.6 Å². The van der Waals surface area contributed by atoms with Crippen LogP contribution < -0.4 is 5.32 Å². The molecule has 0 spiro atoms. The molecule has 1 heterocycles. The van der Waals surface area contributed by atoms with Crippen LogP contribution >= 0.6 is 0 Å². The van der Waals surface area contributed by atoms with E-state index < -0.39 is 0 Å². The molecule has 0 bridgehead atoms. The molecule has 2 fully saturated rings. The van der Waals surface area contributed by atoms with Crippen molar-refractivity contribution < 1.29 is 14.6 Å². The molecule has 2 aliphatic rings. The van der Waals surface area contributed by atoms with E-state index in [1.54, 1.807) is 7.11 Å². The number of nitrogens with one attached hydrogen (secondary N) is 1. The standard InChI is InChI=1S/C15H28N2O3/c1-20-12-15(6-8-16-9-7-15)14(19)17(10-3-11-18)13-4-2-5-13/h13,16,18H,2-12H2,1H3. The van der Waals surface area contributed by atoms with Gasteiger partial charge in [-0.1, -0.05) is 0 Å². The number of hydrogen-bond acceptors (Lipinski definition) is 4. The van der Waals surface area contributed by atoms with Gasteiger partial charge >= 0.3 is 0 Å². The molecule has 0 unspecified atom stereocenters. The Morgan fingerprint density at radius 3 is 2.60 bits per heavy atom. The van der Waals surface area contributed by atoms with E-state index in [1.807, 2.05) is 4.90 Å². The Morgan fingerprint density at radius 2 is 2.10 bits per heavy atom. The SMILES string of the molecule is COCC1(C(=O)N(CCCO)C2CCC2)CCNCC1. The molecule has 1 aliphatic carbocycles. The second-order valence-electron chi connectivity index (χ2n) is 6.12. The zero-order chi connectivity index (χ0) is 14.4. The molecule has 0 radical (unpaired) electrons. The summed E-state index contributed by atoms with van der Waals surface area (Å²) in [4.78, 5) is 15.1. The van der Waals surface area contributed by atoms with Crippen molar-refractivity contribution >= 4 is 5.91 Å². The number of hydrogen-bond donors (Lipinski definition) is 2. The van der Waals surface area contributed by atoms with Crippen molar-refractivity contribution in [3.05, 3.63) is 0 Å². The lowest BCUT2D eigenvalue weighted by molar-refractivity contribution is -0.152. The van der Waals surface area contributed by atoms with Crippen molar-refractivity contribution in [2.45, 2.75) is 44.6 Å². The van der Waals surface area contributed by atoms with E-state index in [0.717, 1.165) is 38.8 Å². The Bertz CT molecular complexity index is 307. The fourth-order valence-electron chi connectivity index (χ4n) is 3.30. The Morgan fingerprint density at radius 1 is 1.40 bits per heavy atom. The summed E-state index contributed by atoms with van der Waals surface area (Å²) >= 11 is 0. The fourth-order valence-corrected chi connectivity index (χ4v) is 3.30. The number of aliphatic hydroxyl groups is 1. The van der Waals surface area contributed by atoms with Gasteiger partial charge in [-0.05, 0) is 51.6 Å². The molecule has 0 atom stereocenters. The third-order valence-electron chi connectivity index (χ3n) is 4.77. The molecule has 0 aromatic rings. The van der Waals surface area contributed by atoms with Crippen LogP contribution in [0.2, 0.25) is 0 Å². The minimum Gasteiger partial charge on any atom is -0.396 e. The minimum absolute atomic E-state index is 0.148. The van der Waals surface area contributed by atoms with Crippen LogP contribution in [0, 0.1) is 5.41 Å². The van der Waals surface area contributed by atoms with Crippen molar-refractivity contribution in [3.63, 3.8) is 0 Å². The van der Waals surface area contributed by atoms with E-state index in [-0.39, 0.29) is 17.9 Å². The summed E-state index contributed by atoms with van der Waals surface area (Å²) in [5.41, 5.74) is -0.356. The second kappa shape index (κ2) is 7.38. The van der Waals surface area contributed by atoms with E-state index in [9.17, 15) is 4.79 Å². The van der Waals surface area contributed by atoms with Gasteiger partial charge in [-0.25, -0.2) is 0 Å². The molecule has 2 N–H and O–H groups in total. The summed E-state index contributed by atoms with van der Waals surface area (Å²) in [7, 11) is 1.68. The van der Waals surface area contributed by atoms with Gasteiger partial charge in [0.2, 0.25) is 5.91 Å². The van der Waals surface area contributed by atoms with Gasteiger partial charge < -0.3 is 20.1 Å². The summed E-state index contributed by atoms with van der Waals surface area (Å²) in [6, 6.07) is 0.387. The number of aliphatic hydroxyl groups excluding tert-OH is 1. The Labute approximate surface area is 121 Å². The van der Waals surface area contributed by atoms with Gasteiger partial charge in [-0.3, -0.25) is 4.79 Å². The highest BCUT2D eigenvalue weighted by molar-refractivity contribution is 5.83. The maximum atomic E-state index is 13.1. The van der Waals surface area contributed by atoms with Crippen molar-refractivity contribution in [1.29, 1.82) is 0 Å². The van der Waals surface area contributed by atoms with Crippen molar-refractivity contribution in [1.82, 2.24) is 10.2 Å². The van der Waals surface area contributed by atoms with Crippen LogP contribution in [-0.4, -0.2) is 61.9 Å². The predicted octanol–water partition coefficient (Wildman–Crippen LogP) is 0.766. The smallest absolute Gasteiger partial charge is 0.231 e. The first-order valence-corrected chi connectivity index (χ1v) is 7.85. The summed E-state index contributed by atoms with van der Waals surface area (Å²) in [5, 5.41) is 12.4. The molecule has 116 valence electrons. The molecule has 1 saturated carbocycles. The van der Waals surface area contributed by atoms with Gasteiger partial charge in [-0.15, -0.1) is 0 Å². The van der Waals surface area contributed by atoms with Crippen LogP contribution in [-0.2, 0) is 9.53 Å². The van der Waals surface area contributed by atoms with Crippen LogP contribution in [0.4, 0.5) is 0 Å². The third-order valence-corrected chi connectivity index (χ3v) is 4.77. The summed E-state index contributed by atoms with van der Waals surface area (Å²) in [6.07, 6.45) is 5.80. The molecule has 0 aromatic carbocycles. The van der Waals surface area contributed by atoms with Crippen LogP contribution in [0.5, 0.6) is 0 Å². The topological polar surface area (TPSA) is 61.8 Å². The highest BCUT2D eigenvalue weighted by Gasteiger charge is 2.44. The number of carbonyl (C=O) groups excluding carboxylic acids is 1. The zero-order valence-corrected chi connectivity index (χ0v) is 12.6. The average Bonchev–Trinajstić information content (AvgIpc) is 2.42. The summed E-state index contributed by atoms with van der Waals surface area (Å²) < 4.78 is 5.37. The van der Waals surface area contributed by atoms with Gasteiger partial charge in [-0.2, -0.15) is 0 Å². The van der Waals surface area contributed by atoms with Crippen LogP contribution in [0.1, 0.15) is 38.5 Å². The van der Waals surface area contributed by atoms with E-state index in [1.165, 1.54) is 6.42 Å². The first kappa shape index (κ1) is 15.7. The molecule has 1 saturated heterocycles. The Balaban J connectivity index is 2.09. The Hall–Kier alpha value is -0.650. The maximum absolute atomic E-state index is 13.1. The molecule has 2 rings (SSSR count). The number of amides is 1. The quantitative estimate of drug-likeness (QED) is 0.725. The van der Waals surface area contributed by atoms with Crippen LogP contribution in [0.15, 0.2) is 0 Å². The van der Waals surface area contributed by atoms with Crippen molar-refractivity contribution in [2.24, 2.45) is 5.41 Å². The Kier molecular flexibility index (Phi) is 5.81. The molecule has 1 amide bonds. The van der Waals surface area contributed by atoms with Gasteiger partial charge in [0.05, 0.1) is 12.0 Å². The largest absolute Gasteiger partial charge is 0.396 e. The minimum atomic E-state index is -0.356. The predicted molar refractivity (Wildman–Crippen MR) is 77.5 cm³/mol. The molecule has 1 aliphatic heterocycles. The van der Waals surface area contributed by atoms with Gasteiger partial charge in [0, 0.05) is 26.3 Å². The number of ether oxygens (including phenoxy) is 1. The van der Waals surface area contributed by atoms with Crippen molar-refractivity contribution in [3.8, 4) is 0 Å². The average molecular weight is 284 g/mol. The number of methoxy groups -OCH3 is 1. The van der Waals surface area contributed by atoms with Crippen LogP contribution in [0.3, 0.4) is 0 Å². The molecular weight excluding hydrogens is 256 g/mol. The summed E-state index contributed by atoms with van der Waals surface area (Å²) in [6.45, 7) is 3.10. The number of piperidine rings is 1. The second-order valence-corrected chi connectivity index (χ2v) is 6.12. The molecule has 5 heteroatoms. The lowest BCUT2D eigenvalue weighted by Crippen LogP contribution is -2.55. The number of nitrogens with zero attached hydrogens (tertiary/aromatic N) is 1. The molecular formula is C15H28N2O3. The summed E-state index contributed by atoms with van der Waals surface area (Å²) in [5.74, 6) is 0.249. The first-order chi connectivity index (χ1) is 9.73. The normalized spacial score (nSPS) is 22.3. The lowest BCUT2D eigenvalue weighted by atomic mass is 9.77. The fraction of sp³-hybridized carbons (Fsp3) is 0.933.